The van der Waals surface area contributed by atoms with Crippen LogP contribution in [-0.4, -0.2) is 32.1 Å². The largest absolute Gasteiger partial charge is 0.493 e. The number of hydrogen-bond acceptors (Lipinski definition) is 6. The van der Waals surface area contributed by atoms with Crippen molar-refractivity contribution in [2.24, 2.45) is 27.0 Å². The number of carbonyl (C=O) groups is 1. The lowest BCUT2D eigenvalue weighted by molar-refractivity contribution is -0.132. The molecule has 27 heavy (non-hydrogen) atoms. The minimum absolute atomic E-state index is 0.129. The van der Waals surface area contributed by atoms with E-state index in [1.807, 2.05) is 0 Å². The molecule has 0 saturated heterocycles. The van der Waals surface area contributed by atoms with Crippen LogP contribution in [-0.2, 0) is 4.79 Å². The lowest BCUT2D eigenvalue weighted by Crippen LogP contribution is -2.32. The summed E-state index contributed by atoms with van der Waals surface area (Å²) in [7, 11) is 3.03. The summed E-state index contributed by atoms with van der Waals surface area (Å²) in [6.07, 6.45) is 5.16. The molecule has 3 rings (SSSR count). The van der Waals surface area contributed by atoms with Crippen LogP contribution in [0, 0.1) is 16.7 Å². The highest BCUT2D eigenvalue weighted by molar-refractivity contribution is 5.95. The molecule has 2 fully saturated rings. The molecule has 0 heterocycles. The van der Waals surface area contributed by atoms with Crippen molar-refractivity contribution in [3.8, 4) is 17.2 Å². The first kappa shape index (κ1) is 19.4. The van der Waals surface area contributed by atoms with Gasteiger partial charge in [0.25, 0.3) is 0 Å². The van der Waals surface area contributed by atoms with E-state index in [-0.39, 0.29) is 16.6 Å². The molecule has 2 saturated carbocycles. The smallest absolute Gasteiger partial charge is 0.308 e. The van der Waals surface area contributed by atoms with Gasteiger partial charge in [-0.3, -0.25) is 4.79 Å². The second-order valence-corrected chi connectivity index (χ2v) is 8.13. The summed E-state index contributed by atoms with van der Waals surface area (Å²) in [4.78, 5) is 11.3. The lowest BCUT2D eigenvalue weighted by atomic mass is 9.70. The summed E-state index contributed by atoms with van der Waals surface area (Å²) in [5.41, 5.74) is 2.36. The fourth-order valence-electron chi connectivity index (χ4n) is 4.46. The minimum Gasteiger partial charge on any atom is -0.493 e. The van der Waals surface area contributed by atoms with Gasteiger partial charge >= 0.3 is 5.97 Å². The summed E-state index contributed by atoms with van der Waals surface area (Å²) in [6, 6.07) is 3.49. The third-order valence-corrected chi connectivity index (χ3v) is 6.63. The van der Waals surface area contributed by atoms with Gasteiger partial charge < -0.3 is 14.2 Å². The van der Waals surface area contributed by atoms with Crippen LogP contribution in [0.4, 0.5) is 0 Å². The normalized spacial score (nSPS) is 27.3. The van der Waals surface area contributed by atoms with Crippen molar-refractivity contribution in [2.75, 3.05) is 14.2 Å². The van der Waals surface area contributed by atoms with Gasteiger partial charge in [-0.25, -0.2) is 0 Å². The number of benzene rings is 1. The van der Waals surface area contributed by atoms with Crippen LogP contribution >= 0.6 is 0 Å². The zero-order valence-electron chi connectivity index (χ0n) is 17.0. The van der Waals surface area contributed by atoms with E-state index in [0.29, 0.717) is 17.4 Å². The van der Waals surface area contributed by atoms with Gasteiger partial charge in [0.15, 0.2) is 11.5 Å². The molecule has 0 unspecified atom stereocenters. The zero-order valence-corrected chi connectivity index (χ0v) is 17.0. The Morgan fingerprint density at radius 1 is 1.19 bits per heavy atom. The van der Waals surface area contributed by atoms with Crippen LogP contribution in [0.15, 0.2) is 22.3 Å². The van der Waals surface area contributed by atoms with E-state index in [1.54, 1.807) is 18.3 Å². The third-order valence-electron chi connectivity index (χ3n) is 6.63. The number of carbonyl (C=O) groups excluding carboxylic acids is 1. The van der Waals surface area contributed by atoms with Crippen LogP contribution in [0.3, 0.4) is 0 Å². The summed E-state index contributed by atoms with van der Waals surface area (Å²) in [6.45, 7) is 8.34. The second-order valence-electron chi connectivity index (χ2n) is 8.13. The number of hydrogen-bond donors (Lipinski definition) is 0. The quantitative estimate of drug-likeness (QED) is 0.335. The van der Waals surface area contributed by atoms with Crippen LogP contribution in [0.5, 0.6) is 17.2 Å². The summed E-state index contributed by atoms with van der Waals surface area (Å²) in [5.74, 6) is 1.34. The number of esters is 1. The van der Waals surface area contributed by atoms with Gasteiger partial charge in [-0.1, -0.05) is 20.8 Å². The average Bonchev–Trinajstić information content (AvgIpc) is 2.95. The number of nitrogens with zero attached hydrogens (tertiary/aromatic N) is 2. The molecule has 0 aromatic heterocycles. The van der Waals surface area contributed by atoms with Gasteiger partial charge in [0.05, 0.1) is 20.4 Å². The third kappa shape index (κ3) is 3.22. The topological polar surface area (TPSA) is 69.5 Å². The van der Waals surface area contributed by atoms with E-state index in [1.165, 1.54) is 39.7 Å². The first-order valence-electron chi connectivity index (χ1n) is 9.27. The van der Waals surface area contributed by atoms with Crippen LogP contribution < -0.4 is 14.2 Å². The minimum atomic E-state index is -0.438. The lowest BCUT2D eigenvalue weighted by Gasteiger charge is -2.34. The Labute approximate surface area is 160 Å². The molecule has 2 atom stereocenters. The molecule has 2 aliphatic carbocycles. The van der Waals surface area contributed by atoms with E-state index in [4.69, 9.17) is 14.2 Å². The fourth-order valence-corrected chi connectivity index (χ4v) is 4.46. The van der Waals surface area contributed by atoms with Crippen molar-refractivity contribution >= 4 is 17.9 Å². The highest BCUT2D eigenvalue weighted by atomic mass is 16.6. The van der Waals surface area contributed by atoms with Gasteiger partial charge in [0.1, 0.15) is 0 Å². The molecule has 6 nitrogen and oxygen atoms in total. The summed E-state index contributed by atoms with van der Waals surface area (Å²) < 4.78 is 15.9. The van der Waals surface area contributed by atoms with Crippen molar-refractivity contribution < 1.29 is 19.0 Å². The molecular weight excluding hydrogens is 344 g/mol. The molecule has 1 aromatic carbocycles. The fraction of sp³-hybridized carbons (Fsp3) is 0.571. The van der Waals surface area contributed by atoms with Crippen molar-refractivity contribution in [1.82, 2.24) is 0 Å². The molecule has 146 valence electrons. The monoisotopic (exact) mass is 372 g/mol. The first-order chi connectivity index (χ1) is 12.7. The van der Waals surface area contributed by atoms with Crippen molar-refractivity contribution in [2.45, 2.75) is 47.0 Å². The van der Waals surface area contributed by atoms with Crippen LogP contribution in [0.1, 0.15) is 52.5 Å². The molecule has 0 spiro atoms. The van der Waals surface area contributed by atoms with E-state index >= 15 is 0 Å². The maximum Gasteiger partial charge on any atom is 0.308 e. The van der Waals surface area contributed by atoms with Crippen LogP contribution in [0.2, 0.25) is 0 Å². The number of ether oxygens (including phenoxy) is 3. The number of methoxy groups -OCH3 is 2. The Bertz CT molecular complexity index is 787. The van der Waals surface area contributed by atoms with Gasteiger partial charge in [0, 0.05) is 23.6 Å². The molecule has 0 amide bonds. The molecule has 0 N–H and O–H groups in total. The SMILES string of the molecule is COc1cc(/C=N\N=C2\C[C@@H]3CC[C@]2(C)C3(C)C)cc(OC)c1OC(C)=O. The van der Waals surface area contributed by atoms with Gasteiger partial charge in [0.2, 0.25) is 5.75 Å². The second kappa shape index (κ2) is 6.98. The van der Waals surface area contributed by atoms with Crippen molar-refractivity contribution in [1.29, 1.82) is 0 Å². The van der Waals surface area contributed by atoms with Gasteiger partial charge in [-0.05, 0) is 42.7 Å². The molecule has 0 radical (unpaired) electrons. The summed E-state index contributed by atoms with van der Waals surface area (Å²) >= 11 is 0. The maximum atomic E-state index is 11.3. The highest BCUT2D eigenvalue weighted by Gasteiger charge is 2.59. The van der Waals surface area contributed by atoms with Gasteiger partial charge in [-0.15, -0.1) is 0 Å². The number of fused-ring (bicyclic) bond motifs is 2. The van der Waals surface area contributed by atoms with Crippen LogP contribution in [0.25, 0.3) is 0 Å². The Balaban J connectivity index is 1.87. The van der Waals surface area contributed by atoms with Crippen molar-refractivity contribution in [3.05, 3.63) is 17.7 Å². The average molecular weight is 372 g/mol. The maximum absolute atomic E-state index is 11.3. The molecule has 2 aliphatic rings. The predicted molar refractivity (Wildman–Crippen MR) is 105 cm³/mol. The Morgan fingerprint density at radius 2 is 1.81 bits per heavy atom. The van der Waals surface area contributed by atoms with E-state index in [0.717, 1.165) is 12.0 Å². The molecule has 6 heteroatoms. The Hall–Kier alpha value is -2.37. The van der Waals surface area contributed by atoms with Crippen molar-refractivity contribution in [3.63, 3.8) is 0 Å². The molecule has 1 aromatic rings. The molecular formula is C21H28N2O4. The zero-order chi connectivity index (χ0) is 19.8. The predicted octanol–water partition coefficient (Wildman–Crippen LogP) is 4.25. The van der Waals surface area contributed by atoms with E-state index in [9.17, 15) is 4.79 Å². The van der Waals surface area contributed by atoms with E-state index < -0.39 is 5.97 Å². The molecule has 0 aliphatic heterocycles. The Kier molecular flexibility index (Phi) is 5.02. The van der Waals surface area contributed by atoms with E-state index in [2.05, 4.69) is 31.0 Å². The highest BCUT2D eigenvalue weighted by Crippen LogP contribution is 2.64. The molecule has 2 bridgehead atoms. The standard InChI is InChI=1S/C21H28N2O4/c1-13(24)27-19-16(25-5)9-14(10-17(19)26-6)12-22-23-18-11-15-7-8-21(18,4)20(15,2)3/h9-10,12,15H,7-8,11H2,1-6H3/b22-12-,23-18-/t15-,21-/m0/s1. The number of rotatable bonds is 5. The van der Waals surface area contributed by atoms with Gasteiger partial charge in [-0.2, -0.15) is 10.2 Å². The summed E-state index contributed by atoms with van der Waals surface area (Å²) in [5, 5.41) is 8.91. The first-order valence-corrected chi connectivity index (χ1v) is 9.27. The Morgan fingerprint density at radius 3 is 2.26 bits per heavy atom.